The van der Waals surface area contributed by atoms with Crippen LogP contribution in [0.3, 0.4) is 0 Å². The Morgan fingerprint density at radius 2 is 1.79 bits per heavy atom. The smallest absolute Gasteiger partial charge is 0.471 e. The number of aliphatic carboxylic acids is 1. The van der Waals surface area contributed by atoms with Crippen molar-refractivity contribution in [2.24, 2.45) is 0 Å². The molecule has 0 fully saturated rings. The van der Waals surface area contributed by atoms with Gasteiger partial charge in [0.1, 0.15) is 0 Å². The molecule has 4 nitrogen and oxygen atoms in total. The van der Waals surface area contributed by atoms with Gasteiger partial charge in [0, 0.05) is 5.56 Å². The molecule has 2 N–H and O–H groups in total. The van der Waals surface area contributed by atoms with Gasteiger partial charge in [-0.1, -0.05) is 12.1 Å². The van der Waals surface area contributed by atoms with E-state index in [2.05, 4.69) is 0 Å². The second kappa shape index (κ2) is 5.21. The first kappa shape index (κ1) is 14.9. The molecule has 1 amide bonds. The predicted octanol–water partition coefficient (Wildman–Crippen LogP) is 1.77. The lowest BCUT2D eigenvalue weighted by molar-refractivity contribution is -0.175. The summed E-state index contributed by atoms with van der Waals surface area (Å²) in [5, 5.41) is 9.76. The normalized spacial score (nSPS) is 12.9. The zero-order valence-corrected chi connectivity index (χ0v) is 8.96. The van der Waals surface area contributed by atoms with E-state index in [1.165, 1.54) is 0 Å². The molecule has 0 spiro atoms. The van der Waals surface area contributed by atoms with Crippen LogP contribution < -0.4 is 5.32 Å². The highest BCUT2D eigenvalue weighted by atomic mass is 19.4. The van der Waals surface area contributed by atoms with E-state index in [-0.39, 0.29) is 0 Å². The minimum absolute atomic E-state index is 0.656. The SMILES string of the molecule is O=C(O)C(NC(=O)C(F)(F)F)c1cccc(F)c1F. The zero-order chi connectivity index (χ0) is 14.8. The number of amides is 1. The van der Waals surface area contributed by atoms with Gasteiger partial charge >= 0.3 is 18.1 Å². The molecule has 1 rings (SSSR count). The number of benzene rings is 1. The third-order valence-electron chi connectivity index (χ3n) is 2.07. The summed E-state index contributed by atoms with van der Waals surface area (Å²) in [6, 6.07) is -0.0227. The van der Waals surface area contributed by atoms with Gasteiger partial charge in [0.05, 0.1) is 0 Å². The number of rotatable bonds is 3. The molecular weight excluding hydrogens is 277 g/mol. The van der Waals surface area contributed by atoms with Crippen molar-refractivity contribution in [1.29, 1.82) is 0 Å². The summed E-state index contributed by atoms with van der Waals surface area (Å²) in [6.45, 7) is 0. The van der Waals surface area contributed by atoms with E-state index in [0.717, 1.165) is 17.4 Å². The van der Waals surface area contributed by atoms with Gasteiger partial charge < -0.3 is 10.4 Å². The summed E-state index contributed by atoms with van der Waals surface area (Å²) < 4.78 is 62.1. The Kier molecular flexibility index (Phi) is 4.07. The van der Waals surface area contributed by atoms with Gasteiger partial charge in [0.2, 0.25) is 0 Å². The van der Waals surface area contributed by atoms with Crippen molar-refractivity contribution in [3.8, 4) is 0 Å². The molecule has 0 aliphatic carbocycles. The molecule has 1 unspecified atom stereocenters. The van der Waals surface area contributed by atoms with Crippen LogP contribution in [0.15, 0.2) is 18.2 Å². The van der Waals surface area contributed by atoms with Crippen molar-refractivity contribution in [2.45, 2.75) is 12.2 Å². The Balaban J connectivity index is 3.12. The molecule has 104 valence electrons. The van der Waals surface area contributed by atoms with E-state index in [1.54, 1.807) is 0 Å². The molecule has 0 bridgehead atoms. The van der Waals surface area contributed by atoms with Gasteiger partial charge in [0.25, 0.3) is 0 Å². The quantitative estimate of drug-likeness (QED) is 0.831. The van der Waals surface area contributed by atoms with E-state index in [4.69, 9.17) is 5.11 Å². The molecule has 0 heterocycles. The molecule has 0 aliphatic rings. The summed E-state index contributed by atoms with van der Waals surface area (Å²) in [5.74, 6) is -7.60. The molecule has 1 aromatic rings. The molecule has 0 radical (unpaired) electrons. The van der Waals surface area contributed by atoms with Gasteiger partial charge in [-0.25, -0.2) is 13.6 Å². The summed E-state index contributed by atoms with van der Waals surface area (Å²) in [5.41, 5.74) is -0.912. The number of carbonyl (C=O) groups excluding carboxylic acids is 1. The number of carboxylic acids is 1. The van der Waals surface area contributed by atoms with E-state index < -0.39 is 41.3 Å². The minimum Gasteiger partial charge on any atom is -0.479 e. The van der Waals surface area contributed by atoms with E-state index in [0.29, 0.717) is 6.07 Å². The van der Waals surface area contributed by atoms with Crippen molar-refractivity contribution in [2.75, 3.05) is 0 Å². The predicted molar refractivity (Wildman–Crippen MR) is 50.9 cm³/mol. The maximum absolute atomic E-state index is 13.3. The zero-order valence-electron chi connectivity index (χ0n) is 8.96. The van der Waals surface area contributed by atoms with Crippen molar-refractivity contribution >= 4 is 11.9 Å². The van der Waals surface area contributed by atoms with Crippen LogP contribution in [0, 0.1) is 11.6 Å². The first-order chi connectivity index (χ1) is 8.64. The van der Waals surface area contributed by atoms with Gasteiger partial charge in [-0.3, -0.25) is 4.79 Å². The van der Waals surface area contributed by atoms with Gasteiger partial charge in [-0.2, -0.15) is 13.2 Å². The first-order valence-corrected chi connectivity index (χ1v) is 4.69. The summed E-state index contributed by atoms with van der Waals surface area (Å²) >= 11 is 0. The Morgan fingerprint density at radius 3 is 2.26 bits per heavy atom. The first-order valence-electron chi connectivity index (χ1n) is 4.69. The maximum atomic E-state index is 13.3. The van der Waals surface area contributed by atoms with Crippen LogP contribution in [0.2, 0.25) is 0 Å². The largest absolute Gasteiger partial charge is 0.479 e. The molecule has 0 saturated heterocycles. The number of alkyl halides is 3. The average molecular weight is 283 g/mol. The highest BCUT2D eigenvalue weighted by Gasteiger charge is 2.41. The maximum Gasteiger partial charge on any atom is 0.471 e. The van der Waals surface area contributed by atoms with Crippen LogP contribution in [0.5, 0.6) is 0 Å². The lowest BCUT2D eigenvalue weighted by atomic mass is 10.1. The fraction of sp³-hybridized carbons (Fsp3) is 0.200. The third-order valence-corrected chi connectivity index (χ3v) is 2.07. The Morgan fingerprint density at radius 1 is 1.21 bits per heavy atom. The highest BCUT2D eigenvalue weighted by molar-refractivity contribution is 5.87. The van der Waals surface area contributed by atoms with Crippen LogP contribution in [-0.2, 0) is 9.59 Å². The summed E-state index contributed by atoms with van der Waals surface area (Å²) in [4.78, 5) is 21.4. The Hall–Kier alpha value is -2.19. The Labute approximate surface area is 102 Å². The van der Waals surface area contributed by atoms with E-state index in [1.807, 2.05) is 0 Å². The molecule has 0 saturated carbocycles. The van der Waals surface area contributed by atoms with Gasteiger partial charge in [0.15, 0.2) is 17.7 Å². The molecular formula is C10H6F5NO3. The van der Waals surface area contributed by atoms with Crippen LogP contribution in [0.25, 0.3) is 0 Å². The van der Waals surface area contributed by atoms with Crippen LogP contribution in [0.1, 0.15) is 11.6 Å². The molecule has 0 aliphatic heterocycles. The molecule has 1 aromatic carbocycles. The number of hydrogen-bond acceptors (Lipinski definition) is 2. The monoisotopic (exact) mass is 283 g/mol. The van der Waals surface area contributed by atoms with Crippen LogP contribution >= 0.6 is 0 Å². The number of nitrogens with one attached hydrogen (secondary N) is 1. The lowest BCUT2D eigenvalue weighted by Gasteiger charge is -2.16. The van der Waals surface area contributed by atoms with Crippen molar-refractivity contribution < 1.29 is 36.6 Å². The van der Waals surface area contributed by atoms with Crippen LogP contribution in [-0.4, -0.2) is 23.2 Å². The number of halogens is 5. The van der Waals surface area contributed by atoms with Gasteiger partial charge in [-0.05, 0) is 6.07 Å². The average Bonchev–Trinajstić information content (AvgIpc) is 2.28. The topological polar surface area (TPSA) is 66.4 Å². The van der Waals surface area contributed by atoms with Crippen molar-refractivity contribution in [1.82, 2.24) is 5.32 Å². The van der Waals surface area contributed by atoms with Crippen molar-refractivity contribution in [3.63, 3.8) is 0 Å². The van der Waals surface area contributed by atoms with Crippen LogP contribution in [0.4, 0.5) is 22.0 Å². The number of carbonyl (C=O) groups is 2. The second-order valence-electron chi connectivity index (χ2n) is 3.39. The third kappa shape index (κ3) is 3.39. The van der Waals surface area contributed by atoms with E-state index in [9.17, 15) is 31.5 Å². The second-order valence-corrected chi connectivity index (χ2v) is 3.39. The standard InChI is InChI=1S/C10H6F5NO3/c11-5-3-1-2-4(6(5)12)7(8(17)18)16-9(19)10(13,14)15/h1-3,7H,(H,16,19)(H,17,18). The van der Waals surface area contributed by atoms with E-state index >= 15 is 0 Å². The number of hydrogen-bond donors (Lipinski definition) is 2. The molecule has 19 heavy (non-hydrogen) atoms. The lowest BCUT2D eigenvalue weighted by Crippen LogP contribution is -2.42. The van der Waals surface area contributed by atoms with Crippen molar-refractivity contribution in [3.05, 3.63) is 35.4 Å². The summed E-state index contributed by atoms with van der Waals surface area (Å²) in [7, 11) is 0. The Bertz CT molecular complexity index is 514. The highest BCUT2D eigenvalue weighted by Crippen LogP contribution is 2.22. The molecule has 0 aromatic heterocycles. The molecule has 1 atom stereocenters. The number of carboxylic acid groups (broad SMARTS) is 1. The van der Waals surface area contributed by atoms with Gasteiger partial charge in [-0.15, -0.1) is 0 Å². The fourth-order valence-electron chi connectivity index (χ4n) is 1.23. The minimum atomic E-state index is -5.34. The molecule has 9 heteroatoms. The fourth-order valence-corrected chi connectivity index (χ4v) is 1.23. The summed E-state index contributed by atoms with van der Waals surface area (Å²) in [6.07, 6.45) is -5.34.